The monoisotopic (exact) mass is 421 g/mol. The molecule has 2 heterocycles. The van der Waals surface area contributed by atoms with Crippen LogP contribution < -0.4 is 5.32 Å². The maximum atomic E-state index is 14.7. The van der Waals surface area contributed by atoms with Gasteiger partial charge in [-0.1, -0.05) is 58.4 Å². The molecular weight excluding hydrogens is 405 g/mol. The molecule has 5 rings (SSSR count). The highest BCUT2D eigenvalue weighted by Gasteiger charge is 2.32. The fraction of sp³-hybridized carbons (Fsp3) is 0.136. The van der Waals surface area contributed by atoms with E-state index in [9.17, 15) is 4.39 Å². The minimum atomic E-state index is -0.178. The van der Waals surface area contributed by atoms with Crippen LogP contribution in [-0.2, 0) is 0 Å². The number of hydrogen-bond acceptors (Lipinski definition) is 2. The van der Waals surface area contributed by atoms with Crippen molar-refractivity contribution in [3.63, 3.8) is 0 Å². The predicted molar refractivity (Wildman–Crippen MR) is 109 cm³/mol. The van der Waals surface area contributed by atoms with E-state index in [1.165, 1.54) is 6.07 Å². The summed E-state index contributed by atoms with van der Waals surface area (Å²) in [5, 5.41) is 3.56. The number of nitrogens with one attached hydrogen (secondary N) is 1. The highest BCUT2D eigenvalue weighted by molar-refractivity contribution is 9.10. The third kappa shape index (κ3) is 2.82. The maximum absolute atomic E-state index is 14.7. The zero-order chi connectivity index (χ0) is 18.4. The van der Waals surface area contributed by atoms with E-state index in [0.29, 0.717) is 5.56 Å². The molecule has 0 amide bonds. The Hall–Kier alpha value is -2.66. The summed E-state index contributed by atoms with van der Waals surface area (Å²) in [6, 6.07) is 23.3. The Balaban J connectivity index is 1.68. The summed E-state index contributed by atoms with van der Waals surface area (Å²) >= 11 is 3.49. The molecule has 0 fully saturated rings. The molecule has 5 heteroatoms. The molecule has 0 radical (unpaired) electrons. The molecule has 4 aromatic rings. The highest BCUT2D eigenvalue weighted by atomic mass is 79.9. The predicted octanol–water partition coefficient (Wildman–Crippen LogP) is 6.08. The van der Waals surface area contributed by atoms with Crippen molar-refractivity contribution in [3.8, 4) is 0 Å². The van der Waals surface area contributed by atoms with Crippen molar-refractivity contribution in [3.05, 3.63) is 94.2 Å². The zero-order valence-corrected chi connectivity index (χ0v) is 16.0. The number of rotatable bonds is 2. The molecule has 134 valence electrons. The second-order valence-corrected chi connectivity index (χ2v) is 7.73. The summed E-state index contributed by atoms with van der Waals surface area (Å²) < 4.78 is 17.9. The molecule has 2 atom stereocenters. The van der Waals surface area contributed by atoms with Gasteiger partial charge in [-0.2, -0.15) is 0 Å². The van der Waals surface area contributed by atoms with E-state index in [-0.39, 0.29) is 17.9 Å². The van der Waals surface area contributed by atoms with Crippen LogP contribution in [0.15, 0.2) is 77.3 Å². The first kappa shape index (κ1) is 16.5. The number of hydrogen-bond donors (Lipinski definition) is 1. The molecule has 0 aliphatic carbocycles. The Kier molecular flexibility index (Phi) is 3.97. The molecule has 0 bridgehead atoms. The molecule has 1 N–H and O–H groups in total. The van der Waals surface area contributed by atoms with Gasteiger partial charge in [0.15, 0.2) is 0 Å². The fourth-order valence-electron chi connectivity index (χ4n) is 3.93. The molecule has 1 aliphatic heterocycles. The molecule has 3 nitrogen and oxygen atoms in total. The van der Waals surface area contributed by atoms with Crippen LogP contribution in [0.4, 0.5) is 10.3 Å². The lowest BCUT2D eigenvalue weighted by Gasteiger charge is -2.33. The number of anilines is 1. The fourth-order valence-corrected chi connectivity index (χ4v) is 4.20. The quantitative estimate of drug-likeness (QED) is 0.424. The first-order valence-corrected chi connectivity index (χ1v) is 9.73. The van der Waals surface area contributed by atoms with Crippen molar-refractivity contribution in [2.75, 3.05) is 5.32 Å². The van der Waals surface area contributed by atoms with Crippen LogP contribution in [0.25, 0.3) is 11.0 Å². The van der Waals surface area contributed by atoms with Crippen LogP contribution in [0.1, 0.15) is 29.6 Å². The molecule has 1 aliphatic rings. The lowest BCUT2D eigenvalue weighted by atomic mass is 9.92. The Labute approximate surface area is 165 Å². The first-order chi connectivity index (χ1) is 13.2. The molecule has 1 aromatic heterocycles. The third-order valence-electron chi connectivity index (χ3n) is 5.21. The van der Waals surface area contributed by atoms with E-state index in [1.54, 1.807) is 6.07 Å². The number of para-hydroxylation sites is 2. The number of fused-ring (bicyclic) bond motifs is 3. The number of aromatic nitrogens is 2. The van der Waals surface area contributed by atoms with Gasteiger partial charge in [0.1, 0.15) is 5.82 Å². The zero-order valence-electron chi connectivity index (χ0n) is 14.4. The second-order valence-electron chi connectivity index (χ2n) is 6.82. The summed E-state index contributed by atoms with van der Waals surface area (Å²) in [5.74, 6) is 0.603. The van der Waals surface area contributed by atoms with E-state index >= 15 is 0 Å². The van der Waals surface area contributed by atoms with Crippen LogP contribution in [0.3, 0.4) is 0 Å². The maximum Gasteiger partial charge on any atom is 0.204 e. The third-order valence-corrected chi connectivity index (χ3v) is 5.74. The van der Waals surface area contributed by atoms with Gasteiger partial charge in [-0.05, 0) is 42.3 Å². The van der Waals surface area contributed by atoms with Gasteiger partial charge in [0.25, 0.3) is 0 Å². The van der Waals surface area contributed by atoms with Gasteiger partial charge < -0.3 is 9.88 Å². The summed E-state index contributed by atoms with van der Waals surface area (Å²) in [6.45, 7) is 0. The van der Waals surface area contributed by atoms with Crippen molar-refractivity contribution < 1.29 is 4.39 Å². The number of imidazole rings is 1. The average molecular weight is 422 g/mol. The van der Waals surface area contributed by atoms with Gasteiger partial charge in [-0.3, -0.25) is 0 Å². The van der Waals surface area contributed by atoms with E-state index in [0.717, 1.165) is 33.4 Å². The summed E-state index contributed by atoms with van der Waals surface area (Å²) in [5.41, 5.74) is 3.80. The number of nitrogens with zero attached hydrogens (tertiary/aromatic N) is 2. The van der Waals surface area contributed by atoms with Crippen molar-refractivity contribution in [2.24, 2.45) is 0 Å². The summed E-state index contributed by atoms with van der Waals surface area (Å²) in [7, 11) is 0. The number of halogens is 2. The Morgan fingerprint density at radius 1 is 0.963 bits per heavy atom. The summed E-state index contributed by atoms with van der Waals surface area (Å²) in [6.07, 6.45) is 0.746. The largest absolute Gasteiger partial charge is 0.349 e. The van der Waals surface area contributed by atoms with Gasteiger partial charge in [0.05, 0.1) is 23.1 Å². The van der Waals surface area contributed by atoms with Gasteiger partial charge in [-0.25, -0.2) is 9.37 Å². The Morgan fingerprint density at radius 3 is 2.52 bits per heavy atom. The van der Waals surface area contributed by atoms with E-state index in [4.69, 9.17) is 4.98 Å². The van der Waals surface area contributed by atoms with Crippen molar-refractivity contribution in [2.45, 2.75) is 18.5 Å². The van der Waals surface area contributed by atoms with E-state index in [1.807, 2.05) is 48.5 Å². The van der Waals surface area contributed by atoms with Crippen molar-refractivity contribution in [1.82, 2.24) is 9.55 Å². The minimum absolute atomic E-state index is 0.0621. The molecule has 3 aromatic carbocycles. The normalized spacial score (nSPS) is 18.9. The topological polar surface area (TPSA) is 29.9 Å². The highest BCUT2D eigenvalue weighted by Crippen LogP contribution is 2.41. The van der Waals surface area contributed by atoms with Gasteiger partial charge in [0, 0.05) is 10.0 Å². The van der Waals surface area contributed by atoms with Crippen LogP contribution >= 0.6 is 15.9 Å². The molecule has 0 saturated heterocycles. The molecule has 0 spiro atoms. The minimum Gasteiger partial charge on any atom is -0.349 e. The lowest BCUT2D eigenvalue weighted by Crippen LogP contribution is -2.27. The second kappa shape index (κ2) is 6.50. The van der Waals surface area contributed by atoms with Gasteiger partial charge >= 0.3 is 0 Å². The molecule has 27 heavy (non-hydrogen) atoms. The first-order valence-electron chi connectivity index (χ1n) is 8.94. The molecular formula is C22H17BrFN3. The summed E-state index contributed by atoms with van der Waals surface area (Å²) in [4.78, 5) is 4.77. The van der Waals surface area contributed by atoms with Crippen molar-refractivity contribution in [1.29, 1.82) is 0 Å². The number of benzene rings is 3. The van der Waals surface area contributed by atoms with Gasteiger partial charge in [0.2, 0.25) is 5.95 Å². The SMILES string of the molecule is Fc1ccccc1[C@H]1C[C@H](c2ccc(Br)cc2)Nc2nc3ccccc3n21. The van der Waals surface area contributed by atoms with Crippen LogP contribution in [0, 0.1) is 5.82 Å². The standard InChI is InChI=1S/C22H17BrFN3/c23-15-11-9-14(10-12-15)19-13-21(16-5-1-2-6-17(16)24)27-20-8-4-3-7-18(20)25-22(27)26-19/h1-12,19,21H,13H2,(H,25,26)/t19-,21-/m1/s1. The smallest absolute Gasteiger partial charge is 0.204 e. The van der Waals surface area contributed by atoms with Crippen LogP contribution in [0.5, 0.6) is 0 Å². The van der Waals surface area contributed by atoms with Crippen molar-refractivity contribution >= 4 is 32.9 Å². The Morgan fingerprint density at radius 2 is 1.70 bits per heavy atom. The lowest BCUT2D eigenvalue weighted by molar-refractivity contribution is 0.457. The van der Waals surface area contributed by atoms with Crippen LogP contribution in [0.2, 0.25) is 0 Å². The average Bonchev–Trinajstić information content (AvgIpc) is 3.07. The Bertz CT molecular complexity index is 1120. The molecule has 0 saturated carbocycles. The van der Waals surface area contributed by atoms with E-state index in [2.05, 4.69) is 37.9 Å². The van der Waals surface area contributed by atoms with Crippen LogP contribution in [-0.4, -0.2) is 9.55 Å². The molecule has 0 unspecified atom stereocenters. The van der Waals surface area contributed by atoms with Gasteiger partial charge in [-0.15, -0.1) is 0 Å². The van der Waals surface area contributed by atoms with E-state index < -0.39 is 0 Å².